The van der Waals surface area contributed by atoms with Crippen molar-refractivity contribution in [2.24, 2.45) is 5.92 Å². The van der Waals surface area contributed by atoms with Crippen LogP contribution >= 0.6 is 0 Å². The van der Waals surface area contributed by atoms with Crippen molar-refractivity contribution < 1.29 is 17.9 Å². The van der Waals surface area contributed by atoms with Crippen LogP contribution < -0.4 is 4.74 Å². The smallest absolute Gasteiger partial charge is 0.242 e. The fourth-order valence-corrected chi connectivity index (χ4v) is 5.79. The summed E-state index contributed by atoms with van der Waals surface area (Å²) < 4.78 is 31.8. The average Bonchev–Trinajstić information content (AvgIpc) is 2.73. The molecule has 28 heavy (non-hydrogen) atoms. The van der Waals surface area contributed by atoms with Crippen LogP contribution in [0.1, 0.15) is 51.4 Å². The highest BCUT2D eigenvalue weighted by Crippen LogP contribution is 2.35. The lowest BCUT2D eigenvalue weighted by molar-refractivity contribution is -0.137. The molecule has 2 atom stereocenters. The lowest BCUT2D eigenvalue weighted by Gasteiger charge is -2.44. The summed E-state index contributed by atoms with van der Waals surface area (Å²) in [6, 6.07) is 6.79. The summed E-state index contributed by atoms with van der Waals surface area (Å²) in [5.74, 6) is 1.48. The molecule has 1 amide bonds. The second kappa shape index (κ2) is 9.27. The second-order valence-electron chi connectivity index (χ2n) is 7.95. The van der Waals surface area contributed by atoms with E-state index in [1.165, 1.54) is 30.0 Å². The van der Waals surface area contributed by atoms with E-state index in [2.05, 4.69) is 4.90 Å². The van der Waals surface area contributed by atoms with E-state index < -0.39 is 10.0 Å². The number of methoxy groups -OCH3 is 1. The number of nitrogens with zero attached hydrogens (tertiary/aromatic N) is 2. The Bertz CT molecular complexity index is 761. The topological polar surface area (TPSA) is 66.9 Å². The largest absolute Gasteiger partial charge is 0.497 e. The van der Waals surface area contributed by atoms with Gasteiger partial charge in [0.15, 0.2) is 0 Å². The monoisotopic (exact) mass is 408 g/mol. The zero-order chi connectivity index (χ0) is 20.1. The average molecular weight is 409 g/mol. The number of carbonyl (C=O) groups excluding carboxylic acids is 1. The minimum absolute atomic E-state index is 0.187. The van der Waals surface area contributed by atoms with Gasteiger partial charge in [-0.1, -0.05) is 12.8 Å². The van der Waals surface area contributed by atoms with E-state index in [1.54, 1.807) is 38.4 Å². The molecule has 0 aromatic heterocycles. The molecule has 1 aromatic rings. The number of fused-ring (bicyclic) bond motifs is 1. The molecule has 2 unspecified atom stereocenters. The minimum atomic E-state index is -3.55. The number of benzene rings is 1. The molecule has 1 saturated heterocycles. The van der Waals surface area contributed by atoms with Gasteiger partial charge in [-0.05, 0) is 62.3 Å². The van der Waals surface area contributed by atoms with E-state index in [4.69, 9.17) is 4.74 Å². The molecule has 2 fully saturated rings. The fourth-order valence-electron chi connectivity index (χ4n) is 4.58. The third-order valence-electron chi connectivity index (χ3n) is 6.19. The number of ether oxygens (including phenoxy) is 1. The van der Waals surface area contributed by atoms with Crippen LogP contribution in [-0.4, -0.2) is 56.8 Å². The van der Waals surface area contributed by atoms with E-state index in [0.717, 1.165) is 19.4 Å². The number of piperidine rings is 1. The molecule has 0 bridgehead atoms. The first-order chi connectivity index (χ1) is 13.4. The zero-order valence-corrected chi connectivity index (χ0v) is 17.8. The Morgan fingerprint density at radius 3 is 2.54 bits per heavy atom. The summed E-state index contributed by atoms with van der Waals surface area (Å²) in [5, 5.41) is 0. The van der Waals surface area contributed by atoms with E-state index in [9.17, 15) is 13.2 Å². The molecular formula is C21H32N2O4S. The molecule has 2 aliphatic rings. The lowest BCUT2D eigenvalue weighted by Crippen LogP contribution is -2.49. The van der Waals surface area contributed by atoms with Gasteiger partial charge < -0.3 is 9.64 Å². The van der Waals surface area contributed by atoms with Gasteiger partial charge in [0.2, 0.25) is 15.9 Å². The molecular weight excluding hydrogens is 376 g/mol. The van der Waals surface area contributed by atoms with E-state index >= 15 is 0 Å². The standard InChI is InChI=1S/C21H32N2O4S/c1-22(28(25,26)19-13-11-18(27-2)12-14-19)15-6-10-21(24)23-16-5-8-17-7-3-4-9-20(17)23/h11-14,17,20H,3-10,15-16H2,1-2H3. The molecule has 0 spiro atoms. The van der Waals surface area contributed by atoms with Crippen LogP contribution in [0.3, 0.4) is 0 Å². The highest BCUT2D eigenvalue weighted by molar-refractivity contribution is 7.89. The van der Waals surface area contributed by atoms with Gasteiger partial charge in [0, 0.05) is 32.6 Å². The van der Waals surface area contributed by atoms with Crippen LogP contribution in [0, 0.1) is 5.92 Å². The van der Waals surface area contributed by atoms with E-state index in [1.807, 2.05) is 0 Å². The summed E-state index contributed by atoms with van der Waals surface area (Å²) in [4.78, 5) is 15.1. The summed E-state index contributed by atoms with van der Waals surface area (Å²) >= 11 is 0. The Balaban J connectivity index is 1.52. The first-order valence-electron chi connectivity index (χ1n) is 10.3. The first kappa shape index (κ1) is 21.1. The molecule has 0 N–H and O–H groups in total. The van der Waals surface area contributed by atoms with Gasteiger partial charge >= 0.3 is 0 Å². The number of carbonyl (C=O) groups is 1. The minimum Gasteiger partial charge on any atom is -0.497 e. The summed E-state index contributed by atoms with van der Waals surface area (Å²) in [5.41, 5.74) is 0. The van der Waals surface area contributed by atoms with Crippen LogP contribution in [0.4, 0.5) is 0 Å². The van der Waals surface area contributed by atoms with Crippen molar-refractivity contribution in [3.8, 4) is 5.75 Å². The lowest BCUT2D eigenvalue weighted by atomic mass is 9.78. The summed E-state index contributed by atoms with van der Waals surface area (Å²) in [7, 11) is -0.435. The van der Waals surface area contributed by atoms with Crippen LogP contribution in [0.2, 0.25) is 0 Å². The van der Waals surface area contributed by atoms with Crippen molar-refractivity contribution in [1.82, 2.24) is 9.21 Å². The van der Waals surface area contributed by atoms with Crippen molar-refractivity contribution in [3.63, 3.8) is 0 Å². The zero-order valence-electron chi connectivity index (χ0n) is 17.0. The van der Waals surface area contributed by atoms with Gasteiger partial charge in [-0.3, -0.25) is 4.79 Å². The Hall–Kier alpha value is -1.60. The van der Waals surface area contributed by atoms with Crippen molar-refractivity contribution in [2.75, 3.05) is 27.2 Å². The van der Waals surface area contributed by atoms with Gasteiger partial charge in [-0.25, -0.2) is 12.7 Å². The molecule has 1 heterocycles. The van der Waals surface area contributed by atoms with Gasteiger partial charge in [0.25, 0.3) is 0 Å². The molecule has 7 heteroatoms. The van der Waals surface area contributed by atoms with Crippen LogP contribution in [0.25, 0.3) is 0 Å². The molecule has 1 aliphatic heterocycles. The summed E-state index contributed by atoms with van der Waals surface area (Å²) in [6.45, 7) is 1.20. The predicted molar refractivity (Wildman–Crippen MR) is 109 cm³/mol. The van der Waals surface area contributed by atoms with Gasteiger partial charge in [-0.2, -0.15) is 0 Å². The number of hydrogen-bond acceptors (Lipinski definition) is 4. The number of sulfonamides is 1. The molecule has 1 aliphatic carbocycles. The summed E-state index contributed by atoms with van der Waals surface area (Å²) in [6.07, 6.45) is 8.17. The van der Waals surface area contributed by atoms with Gasteiger partial charge in [0.1, 0.15) is 5.75 Å². The van der Waals surface area contributed by atoms with Crippen molar-refractivity contribution in [3.05, 3.63) is 24.3 Å². The van der Waals surface area contributed by atoms with Crippen LogP contribution in [-0.2, 0) is 14.8 Å². The molecule has 1 aromatic carbocycles. The number of hydrogen-bond donors (Lipinski definition) is 0. The Kier molecular flexibility index (Phi) is 6.99. The Morgan fingerprint density at radius 1 is 1.14 bits per heavy atom. The van der Waals surface area contributed by atoms with Gasteiger partial charge in [-0.15, -0.1) is 0 Å². The molecule has 6 nitrogen and oxygen atoms in total. The van der Waals surface area contributed by atoms with Crippen molar-refractivity contribution >= 4 is 15.9 Å². The first-order valence-corrected chi connectivity index (χ1v) is 11.8. The Labute approximate surface area is 168 Å². The van der Waals surface area contributed by atoms with Crippen molar-refractivity contribution in [1.29, 1.82) is 0 Å². The molecule has 1 saturated carbocycles. The second-order valence-corrected chi connectivity index (χ2v) is 9.99. The number of rotatable bonds is 7. The highest BCUT2D eigenvalue weighted by atomic mass is 32.2. The fraction of sp³-hybridized carbons (Fsp3) is 0.667. The maximum Gasteiger partial charge on any atom is 0.242 e. The maximum absolute atomic E-state index is 12.8. The van der Waals surface area contributed by atoms with Crippen molar-refractivity contribution in [2.45, 2.75) is 62.3 Å². The van der Waals surface area contributed by atoms with Crippen LogP contribution in [0.15, 0.2) is 29.2 Å². The predicted octanol–water partition coefficient (Wildman–Crippen LogP) is 3.28. The van der Waals surface area contributed by atoms with Crippen LogP contribution in [0.5, 0.6) is 5.75 Å². The third-order valence-corrected chi connectivity index (χ3v) is 8.07. The number of amides is 1. The SMILES string of the molecule is COc1ccc(S(=O)(=O)N(C)CCCC(=O)N2CCCC3CCCCC32)cc1. The van der Waals surface area contributed by atoms with E-state index in [0.29, 0.717) is 37.1 Å². The van der Waals surface area contributed by atoms with E-state index in [-0.39, 0.29) is 10.8 Å². The molecule has 3 rings (SSSR count). The number of likely N-dealkylation sites (tertiary alicyclic amines) is 1. The molecule has 156 valence electrons. The quantitative estimate of drug-likeness (QED) is 0.694. The normalized spacial score (nSPS) is 22.8. The maximum atomic E-state index is 12.8. The molecule has 0 radical (unpaired) electrons. The third kappa shape index (κ3) is 4.69. The highest BCUT2D eigenvalue weighted by Gasteiger charge is 2.35. The van der Waals surface area contributed by atoms with Gasteiger partial charge in [0.05, 0.1) is 12.0 Å². The Morgan fingerprint density at radius 2 is 1.82 bits per heavy atom.